The molecule has 0 N–H and O–H groups in total. The van der Waals surface area contributed by atoms with Crippen LogP contribution in [0.2, 0.25) is 0 Å². The molecule has 78 valence electrons. The largest absolute Gasteiger partial charge is 0.314 e. The minimum absolute atomic E-state index is 0.0345. The van der Waals surface area contributed by atoms with Crippen molar-refractivity contribution in [1.82, 2.24) is 0 Å². The molecule has 0 bridgehead atoms. The highest BCUT2D eigenvalue weighted by atomic mass is 32.1. The number of rotatable bonds is 3. The molecule has 0 saturated heterocycles. The third kappa shape index (κ3) is 2.74. The molecule has 0 heterocycles. The van der Waals surface area contributed by atoms with Gasteiger partial charge < -0.3 is 4.90 Å². The predicted molar refractivity (Wildman–Crippen MR) is 63.0 cm³/mol. The molecule has 0 aliphatic rings. The van der Waals surface area contributed by atoms with E-state index in [0.29, 0.717) is 23.4 Å². The summed E-state index contributed by atoms with van der Waals surface area (Å²) in [5, 5.41) is 8.88. The molecule has 1 aromatic rings. The van der Waals surface area contributed by atoms with Crippen molar-refractivity contribution in [1.29, 1.82) is 5.26 Å². The van der Waals surface area contributed by atoms with E-state index in [1.165, 1.54) is 4.90 Å². The second kappa shape index (κ2) is 5.42. The summed E-state index contributed by atoms with van der Waals surface area (Å²) in [6.45, 7) is 0. The SMILES string of the molecule is CN(C(=O)CCS)c1ccccc1C#N. The molecule has 0 fully saturated rings. The molecule has 0 radical (unpaired) electrons. The van der Waals surface area contributed by atoms with Crippen LogP contribution in [0.25, 0.3) is 0 Å². The van der Waals surface area contributed by atoms with Gasteiger partial charge in [-0.05, 0) is 17.9 Å². The van der Waals surface area contributed by atoms with Gasteiger partial charge in [-0.1, -0.05) is 12.1 Å². The van der Waals surface area contributed by atoms with Crippen molar-refractivity contribution in [3.63, 3.8) is 0 Å². The summed E-state index contributed by atoms with van der Waals surface area (Å²) >= 11 is 4.00. The van der Waals surface area contributed by atoms with Crippen molar-refractivity contribution in [2.24, 2.45) is 0 Å². The van der Waals surface area contributed by atoms with Crippen molar-refractivity contribution in [3.05, 3.63) is 29.8 Å². The van der Waals surface area contributed by atoms with Gasteiger partial charge in [0.2, 0.25) is 5.91 Å². The first-order valence-corrected chi connectivity index (χ1v) is 5.20. The molecule has 0 aliphatic carbocycles. The molecule has 15 heavy (non-hydrogen) atoms. The van der Waals surface area contributed by atoms with E-state index >= 15 is 0 Å². The third-order valence-electron chi connectivity index (χ3n) is 2.09. The Hall–Kier alpha value is -1.47. The maximum absolute atomic E-state index is 11.6. The lowest BCUT2D eigenvalue weighted by Crippen LogP contribution is -2.26. The van der Waals surface area contributed by atoms with Crippen LogP contribution in [-0.2, 0) is 4.79 Å². The van der Waals surface area contributed by atoms with Gasteiger partial charge in [0.1, 0.15) is 6.07 Å². The van der Waals surface area contributed by atoms with Crippen LogP contribution in [0, 0.1) is 11.3 Å². The van der Waals surface area contributed by atoms with E-state index in [-0.39, 0.29) is 5.91 Å². The van der Waals surface area contributed by atoms with Crippen LogP contribution in [0.15, 0.2) is 24.3 Å². The first kappa shape index (κ1) is 11.6. The number of nitriles is 1. The molecule has 4 heteroatoms. The van der Waals surface area contributed by atoms with Crippen molar-refractivity contribution in [2.45, 2.75) is 6.42 Å². The Labute approximate surface area is 94.7 Å². The molecular formula is C11H12N2OS. The first-order valence-electron chi connectivity index (χ1n) is 4.57. The van der Waals surface area contributed by atoms with Gasteiger partial charge in [-0.3, -0.25) is 4.79 Å². The minimum Gasteiger partial charge on any atom is -0.314 e. The van der Waals surface area contributed by atoms with Crippen LogP contribution >= 0.6 is 12.6 Å². The summed E-state index contributed by atoms with van der Waals surface area (Å²) in [6.07, 6.45) is 0.374. The van der Waals surface area contributed by atoms with Crippen molar-refractivity contribution >= 4 is 24.2 Å². The van der Waals surface area contributed by atoms with Crippen molar-refractivity contribution < 1.29 is 4.79 Å². The van der Waals surface area contributed by atoms with Gasteiger partial charge in [0.05, 0.1) is 11.3 Å². The van der Waals surface area contributed by atoms with E-state index in [1.54, 1.807) is 31.3 Å². The third-order valence-corrected chi connectivity index (χ3v) is 2.31. The number of hydrogen-bond acceptors (Lipinski definition) is 3. The zero-order valence-electron chi connectivity index (χ0n) is 8.47. The highest BCUT2D eigenvalue weighted by molar-refractivity contribution is 7.80. The number of para-hydroxylation sites is 1. The summed E-state index contributed by atoms with van der Waals surface area (Å²) in [5.74, 6) is 0.477. The van der Waals surface area contributed by atoms with Gasteiger partial charge >= 0.3 is 0 Å². The topological polar surface area (TPSA) is 44.1 Å². The molecule has 0 spiro atoms. The van der Waals surface area contributed by atoms with E-state index in [0.717, 1.165) is 0 Å². The summed E-state index contributed by atoms with van der Waals surface area (Å²) in [5.41, 5.74) is 1.15. The molecule has 1 amide bonds. The van der Waals surface area contributed by atoms with E-state index in [9.17, 15) is 4.79 Å². The average molecular weight is 220 g/mol. The number of nitrogens with zero attached hydrogens (tertiary/aromatic N) is 2. The van der Waals surface area contributed by atoms with Gasteiger partial charge in [0.25, 0.3) is 0 Å². The zero-order chi connectivity index (χ0) is 11.3. The summed E-state index contributed by atoms with van der Waals surface area (Å²) in [6, 6.07) is 9.10. The fourth-order valence-electron chi connectivity index (χ4n) is 1.26. The van der Waals surface area contributed by atoms with Crippen molar-refractivity contribution in [2.75, 3.05) is 17.7 Å². The van der Waals surface area contributed by atoms with Crippen LogP contribution in [-0.4, -0.2) is 18.7 Å². The Bertz CT molecular complexity index is 398. The second-order valence-electron chi connectivity index (χ2n) is 3.06. The molecule has 1 rings (SSSR count). The van der Waals surface area contributed by atoms with E-state index < -0.39 is 0 Å². The van der Waals surface area contributed by atoms with Gasteiger partial charge in [0, 0.05) is 13.5 Å². The Morgan fingerprint density at radius 3 is 2.80 bits per heavy atom. The summed E-state index contributed by atoms with van der Waals surface area (Å²) < 4.78 is 0. The Morgan fingerprint density at radius 2 is 2.20 bits per heavy atom. The van der Waals surface area contributed by atoms with Gasteiger partial charge in [-0.25, -0.2) is 0 Å². The maximum atomic E-state index is 11.6. The van der Waals surface area contributed by atoms with Crippen LogP contribution in [0.1, 0.15) is 12.0 Å². The van der Waals surface area contributed by atoms with E-state index in [2.05, 4.69) is 18.7 Å². The summed E-state index contributed by atoms with van der Waals surface area (Å²) in [4.78, 5) is 13.1. The highest BCUT2D eigenvalue weighted by Crippen LogP contribution is 2.18. The number of thiol groups is 1. The number of benzene rings is 1. The number of anilines is 1. The lowest BCUT2D eigenvalue weighted by molar-refractivity contribution is -0.117. The fraction of sp³-hybridized carbons (Fsp3) is 0.273. The van der Waals surface area contributed by atoms with Gasteiger partial charge in [-0.15, -0.1) is 0 Å². The smallest absolute Gasteiger partial charge is 0.227 e. The van der Waals surface area contributed by atoms with Crippen LogP contribution < -0.4 is 4.90 Å². The average Bonchev–Trinajstić information content (AvgIpc) is 2.28. The van der Waals surface area contributed by atoms with Crippen LogP contribution in [0.4, 0.5) is 5.69 Å². The first-order chi connectivity index (χ1) is 7.20. The number of carbonyl (C=O) groups is 1. The molecular weight excluding hydrogens is 208 g/mol. The molecule has 0 atom stereocenters. The van der Waals surface area contributed by atoms with Gasteiger partial charge in [0.15, 0.2) is 0 Å². The Balaban J connectivity index is 2.96. The lowest BCUT2D eigenvalue weighted by atomic mass is 10.2. The van der Waals surface area contributed by atoms with Crippen LogP contribution in [0.5, 0.6) is 0 Å². The number of carbonyl (C=O) groups excluding carboxylic acids is 1. The normalized spacial score (nSPS) is 9.40. The molecule has 1 aromatic carbocycles. The highest BCUT2D eigenvalue weighted by Gasteiger charge is 2.12. The number of hydrogen-bond donors (Lipinski definition) is 1. The standard InChI is InChI=1S/C11H12N2OS/c1-13(11(14)6-7-15)10-5-3-2-4-9(10)8-12/h2-5,15H,6-7H2,1H3. The maximum Gasteiger partial charge on any atom is 0.227 e. The van der Waals surface area contributed by atoms with Gasteiger partial charge in [-0.2, -0.15) is 17.9 Å². The zero-order valence-corrected chi connectivity index (χ0v) is 9.37. The molecule has 3 nitrogen and oxygen atoms in total. The van der Waals surface area contributed by atoms with Crippen LogP contribution in [0.3, 0.4) is 0 Å². The molecule has 0 saturated carbocycles. The lowest BCUT2D eigenvalue weighted by Gasteiger charge is -2.17. The minimum atomic E-state index is -0.0345. The van der Waals surface area contributed by atoms with Crippen molar-refractivity contribution in [3.8, 4) is 6.07 Å². The Kier molecular flexibility index (Phi) is 4.19. The predicted octanol–water partition coefficient (Wildman–Crippen LogP) is 1.84. The molecule has 0 aliphatic heterocycles. The Morgan fingerprint density at radius 1 is 1.53 bits per heavy atom. The monoisotopic (exact) mass is 220 g/mol. The fourth-order valence-corrected chi connectivity index (χ4v) is 1.45. The quantitative estimate of drug-likeness (QED) is 0.790. The van der Waals surface area contributed by atoms with E-state index in [1.807, 2.05) is 0 Å². The van der Waals surface area contributed by atoms with E-state index in [4.69, 9.17) is 5.26 Å². The molecule has 0 aromatic heterocycles. The second-order valence-corrected chi connectivity index (χ2v) is 3.50. The number of amides is 1. The molecule has 0 unspecified atom stereocenters. The summed E-state index contributed by atoms with van der Waals surface area (Å²) in [7, 11) is 1.67.